The van der Waals surface area contributed by atoms with Crippen LogP contribution in [0.1, 0.15) is 48.5 Å². The van der Waals surface area contributed by atoms with Gasteiger partial charge in [-0.3, -0.25) is 0 Å². The van der Waals surface area contributed by atoms with E-state index in [1.165, 1.54) is 5.39 Å². The number of hydrogen-bond donors (Lipinski definition) is 1. The zero-order chi connectivity index (χ0) is 26.6. The van der Waals surface area contributed by atoms with Gasteiger partial charge in [0.25, 0.3) is 0 Å². The molecule has 0 unspecified atom stereocenters. The van der Waals surface area contributed by atoms with Crippen molar-refractivity contribution in [2.45, 2.75) is 65.3 Å². The van der Waals surface area contributed by atoms with Crippen LogP contribution in [0.5, 0.6) is 0 Å². The van der Waals surface area contributed by atoms with Gasteiger partial charge in [0.2, 0.25) is 0 Å². The third-order valence-electron chi connectivity index (χ3n) is 7.65. The fraction of sp³-hybridized carbons (Fsp3) is 0.483. The Kier molecular flexibility index (Phi) is 6.31. The van der Waals surface area contributed by atoms with Gasteiger partial charge in [-0.1, -0.05) is 18.2 Å². The molecule has 7 nitrogen and oxygen atoms in total. The molecular formula is C29H38BN3O4. The first-order valence-electron chi connectivity index (χ1n) is 13.1. The number of carbonyl (C=O) groups is 1. The Morgan fingerprint density at radius 1 is 0.919 bits per heavy atom. The van der Waals surface area contributed by atoms with Crippen LogP contribution >= 0.6 is 0 Å². The van der Waals surface area contributed by atoms with E-state index in [0.717, 1.165) is 40.9 Å². The third kappa shape index (κ3) is 5.23. The molecule has 0 radical (unpaired) electrons. The molecule has 196 valence electrons. The van der Waals surface area contributed by atoms with Gasteiger partial charge in [0.15, 0.2) is 0 Å². The minimum absolute atomic E-state index is 0.252. The number of H-pyrrole nitrogens is 1. The molecule has 1 N–H and O–H groups in total. The van der Waals surface area contributed by atoms with Crippen LogP contribution in [0.25, 0.3) is 22.0 Å². The summed E-state index contributed by atoms with van der Waals surface area (Å²) in [6.45, 7) is 16.7. The zero-order valence-corrected chi connectivity index (χ0v) is 23.1. The van der Waals surface area contributed by atoms with Gasteiger partial charge in [-0.25, -0.2) is 4.79 Å². The number of nitrogens with one attached hydrogen (secondary N) is 1. The largest absolute Gasteiger partial charge is 0.494 e. The molecule has 8 heteroatoms. The maximum Gasteiger partial charge on any atom is 0.494 e. The molecule has 3 aromatic rings. The number of piperazine rings is 1. The number of amides is 1. The van der Waals surface area contributed by atoms with E-state index in [0.29, 0.717) is 13.1 Å². The van der Waals surface area contributed by atoms with Gasteiger partial charge in [0.1, 0.15) is 5.60 Å². The first kappa shape index (κ1) is 25.7. The lowest BCUT2D eigenvalue weighted by Crippen LogP contribution is -2.50. The Bertz CT molecular complexity index is 1290. The van der Waals surface area contributed by atoms with Crippen molar-refractivity contribution >= 4 is 35.3 Å². The van der Waals surface area contributed by atoms with Crippen molar-refractivity contribution in [3.63, 3.8) is 0 Å². The van der Waals surface area contributed by atoms with E-state index in [1.807, 2.05) is 27.0 Å². The second-order valence-corrected chi connectivity index (χ2v) is 12.1. The Morgan fingerprint density at radius 2 is 1.59 bits per heavy atom. The Hall–Kier alpha value is -2.97. The predicted octanol–water partition coefficient (Wildman–Crippen LogP) is 5.19. The summed E-state index contributed by atoms with van der Waals surface area (Å²) in [7, 11) is -0.457. The highest BCUT2D eigenvalue weighted by Crippen LogP contribution is 2.37. The number of aromatic amines is 1. The molecule has 37 heavy (non-hydrogen) atoms. The van der Waals surface area contributed by atoms with E-state index < -0.39 is 23.9 Å². The fourth-order valence-electron chi connectivity index (χ4n) is 4.80. The molecule has 1 aromatic heterocycles. The van der Waals surface area contributed by atoms with Crippen molar-refractivity contribution in [2.24, 2.45) is 0 Å². The number of carbonyl (C=O) groups excluding carboxylic acids is 1. The van der Waals surface area contributed by atoms with E-state index in [2.05, 4.69) is 80.0 Å². The summed E-state index contributed by atoms with van der Waals surface area (Å²) in [6, 6.07) is 15.1. The molecular weight excluding hydrogens is 465 g/mol. The lowest BCUT2D eigenvalue weighted by Gasteiger charge is -2.37. The molecule has 0 spiro atoms. The average Bonchev–Trinajstić information content (AvgIpc) is 3.38. The van der Waals surface area contributed by atoms with Gasteiger partial charge < -0.3 is 28.8 Å². The minimum Gasteiger partial charge on any atom is -0.444 e. The van der Waals surface area contributed by atoms with E-state index in [9.17, 15) is 4.79 Å². The SMILES string of the molecule is CC(C)(C)OC(=O)N1CCN(c2cc(B3OC(C)(C)C(C)(C)O3)cc(-c3ccc4cc[nH]c4c3)c2)CC1. The summed E-state index contributed by atoms with van der Waals surface area (Å²) in [5.41, 5.74) is 4.08. The standard InChI is InChI=1S/C29H38BN3O4/c1-27(2,3)35-26(34)33-14-12-32(13-15-33)24-17-22(21-9-8-20-10-11-31-25(20)18-21)16-23(19-24)30-36-28(4,5)29(6,7)37-30/h8-11,16-19,31H,12-15H2,1-7H3. The smallest absolute Gasteiger partial charge is 0.444 e. The summed E-state index contributed by atoms with van der Waals surface area (Å²) >= 11 is 0. The molecule has 0 bridgehead atoms. The highest BCUT2D eigenvalue weighted by Gasteiger charge is 2.51. The molecule has 0 atom stereocenters. The summed E-state index contributed by atoms with van der Waals surface area (Å²) in [6.07, 6.45) is 1.71. The number of nitrogens with zero attached hydrogens (tertiary/aromatic N) is 2. The second-order valence-electron chi connectivity index (χ2n) is 12.1. The molecule has 1 amide bonds. The van der Waals surface area contributed by atoms with Crippen LogP contribution < -0.4 is 10.4 Å². The van der Waals surface area contributed by atoms with Crippen molar-refractivity contribution in [1.82, 2.24) is 9.88 Å². The quantitative estimate of drug-likeness (QED) is 0.499. The lowest BCUT2D eigenvalue weighted by molar-refractivity contribution is 0.00578. The number of anilines is 1. The van der Waals surface area contributed by atoms with Gasteiger partial charge in [-0.15, -0.1) is 0 Å². The van der Waals surface area contributed by atoms with Crippen LogP contribution in [-0.4, -0.2) is 66.1 Å². The van der Waals surface area contributed by atoms with E-state index in [1.54, 1.807) is 4.90 Å². The van der Waals surface area contributed by atoms with E-state index in [4.69, 9.17) is 14.0 Å². The average molecular weight is 503 g/mol. The number of aromatic nitrogens is 1. The van der Waals surface area contributed by atoms with Crippen LogP contribution in [-0.2, 0) is 14.0 Å². The number of benzene rings is 2. The molecule has 2 aromatic carbocycles. The molecule has 0 aliphatic carbocycles. The monoisotopic (exact) mass is 503 g/mol. The first-order valence-corrected chi connectivity index (χ1v) is 13.1. The molecule has 2 fully saturated rings. The number of rotatable bonds is 3. The van der Waals surface area contributed by atoms with Gasteiger partial charge in [0, 0.05) is 43.6 Å². The Labute approximate surface area is 220 Å². The number of fused-ring (bicyclic) bond motifs is 1. The third-order valence-corrected chi connectivity index (χ3v) is 7.65. The Balaban J connectivity index is 1.45. The van der Waals surface area contributed by atoms with Gasteiger partial charge >= 0.3 is 13.2 Å². The van der Waals surface area contributed by atoms with Crippen molar-refractivity contribution in [3.8, 4) is 11.1 Å². The van der Waals surface area contributed by atoms with Crippen LogP contribution in [0.15, 0.2) is 48.7 Å². The van der Waals surface area contributed by atoms with Crippen molar-refractivity contribution in [1.29, 1.82) is 0 Å². The van der Waals surface area contributed by atoms with Crippen LogP contribution in [0.3, 0.4) is 0 Å². The minimum atomic E-state index is -0.499. The predicted molar refractivity (Wildman–Crippen MR) is 149 cm³/mol. The van der Waals surface area contributed by atoms with Crippen molar-refractivity contribution < 1.29 is 18.8 Å². The van der Waals surface area contributed by atoms with E-state index >= 15 is 0 Å². The lowest BCUT2D eigenvalue weighted by atomic mass is 9.77. The van der Waals surface area contributed by atoms with E-state index in [-0.39, 0.29) is 6.09 Å². The second kappa shape index (κ2) is 9.10. The van der Waals surface area contributed by atoms with Crippen LogP contribution in [0.4, 0.5) is 10.5 Å². The van der Waals surface area contributed by atoms with Gasteiger partial charge in [0.05, 0.1) is 11.2 Å². The van der Waals surface area contributed by atoms with Gasteiger partial charge in [-0.2, -0.15) is 0 Å². The normalized spacial score (nSPS) is 19.5. The summed E-state index contributed by atoms with van der Waals surface area (Å²) < 4.78 is 18.4. The maximum atomic E-state index is 12.6. The summed E-state index contributed by atoms with van der Waals surface area (Å²) in [4.78, 5) is 20.0. The van der Waals surface area contributed by atoms with Crippen LogP contribution in [0, 0.1) is 0 Å². The summed E-state index contributed by atoms with van der Waals surface area (Å²) in [5.74, 6) is 0. The van der Waals surface area contributed by atoms with Crippen molar-refractivity contribution in [3.05, 3.63) is 48.7 Å². The highest BCUT2D eigenvalue weighted by molar-refractivity contribution is 6.62. The molecule has 5 rings (SSSR count). The molecule has 2 aliphatic heterocycles. The maximum absolute atomic E-state index is 12.6. The molecule has 0 saturated carbocycles. The fourth-order valence-corrected chi connectivity index (χ4v) is 4.80. The number of hydrogen-bond acceptors (Lipinski definition) is 5. The Morgan fingerprint density at radius 3 is 2.24 bits per heavy atom. The number of ether oxygens (including phenoxy) is 1. The summed E-state index contributed by atoms with van der Waals surface area (Å²) in [5, 5.41) is 1.18. The molecule has 3 heterocycles. The topological polar surface area (TPSA) is 67.0 Å². The molecule has 2 saturated heterocycles. The highest BCUT2D eigenvalue weighted by atomic mass is 16.7. The first-order chi connectivity index (χ1) is 17.3. The molecule has 2 aliphatic rings. The van der Waals surface area contributed by atoms with Crippen molar-refractivity contribution in [2.75, 3.05) is 31.1 Å². The zero-order valence-electron chi connectivity index (χ0n) is 23.1. The van der Waals surface area contributed by atoms with Crippen LogP contribution in [0.2, 0.25) is 0 Å². The van der Waals surface area contributed by atoms with Gasteiger partial charge in [-0.05, 0) is 94.7 Å².